The number of aromatic nitrogens is 1. The second kappa shape index (κ2) is 9.67. The summed E-state index contributed by atoms with van der Waals surface area (Å²) in [6, 6.07) is 12.8. The van der Waals surface area contributed by atoms with Gasteiger partial charge in [-0.2, -0.15) is 0 Å². The summed E-state index contributed by atoms with van der Waals surface area (Å²) >= 11 is 0. The van der Waals surface area contributed by atoms with Crippen molar-refractivity contribution in [2.45, 2.75) is 32.5 Å². The number of hydrogen-bond acceptors (Lipinski definition) is 5. The van der Waals surface area contributed by atoms with Crippen LogP contribution in [-0.4, -0.2) is 58.8 Å². The minimum atomic E-state index is 0.220. The molecule has 2 heterocycles. The van der Waals surface area contributed by atoms with Crippen LogP contribution in [-0.2, 0) is 13.1 Å². The molecule has 3 rings (SSSR count). The van der Waals surface area contributed by atoms with Crippen LogP contribution in [0.2, 0.25) is 0 Å². The van der Waals surface area contributed by atoms with E-state index in [2.05, 4.69) is 39.0 Å². The molecule has 5 nitrogen and oxygen atoms in total. The summed E-state index contributed by atoms with van der Waals surface area (Å²) in [5.41, 5.74) is 2.51. The molecular formula is C21H29N3O2. The van der Waals surface area contributed by atoms with Crippen LogP contribution in [0.1, 0.15) is 24.5 Å². The first-order valence-electron chi connectivity index (χ1n) is 9.47. The molecular weight excluding hydrogens is 326 g/mol. The second-order valence-electron chi connectivity index (χ2n) is 6.77. The number of pyridine rings is 1. The first kappa shape index (κ1) is 18.8. The highest BCUT2D eigenvalue weighted by molar-refractivity contribution is 5.33. The lowest BCUT2D eigenvalue weighted by Crippen LogP contribution is -2.52. The Morgan fingerprint density at radius 1 is 1.12 bits per heavy atom. The zero-order chi connectivity index (χ0) is 18.2. The maximum absolute atomic E-state index is 9.54. The Hall–Kier alpha value is -1.95. The fourth-order valence-electron chi connectivity index (χ4n) is 3.63. The summed E-state index contributed by atoms with van der Waals surface area (Å²) in [5, 5.41) is 9.54. The number of benzene rings is 1. The average molecular weight is 355 g/mol. The highest BCUT2D eigenvalue weighted by atomic mass is 16.5. The molecule has 1 aliphatic heterocycles. The Labute approximate surface area is 156 Å². The van der Waals surface area contributed by atoms with Crippen molar-refractivity contribution in [3.8, 4) is 5.75 Å². The predicted molar refractivity (Wildman–Crippen MR) is 103 cm³/mol. The van der Waals surface area contributed by atoms with E-state index in [1.54, 1.807) is 0 Å². The van der Waals surface area contributed by atoms with E-state index < -0.39 is 0 Å². The standard InChI is InChI=1S/C21H29N3O2/c1-2-26-21-6-4-3-5-19(21)16-24-13-12-23(17-20(24)9-14-25)15-18-7-10-22-11-8-18/h3-8,10-11,20,25H,2,9,12-17H2,1H3. The summed E-state index contributed by atoms with van der Waals surface area (Å²) in [7, 11) is 0. The normalized spacial score (nSPS) is 18.8. The lowest BCUT2D eigenvalue weighted by Gasteiger charge is -2.41. The molecule has 2 aromatic rings. The van der Waals surface area contributed by atoms with Gasteiger partial charge in [0, 0.05) is 63.3 Å². The fourth-order valence-corrected chi connectivity index (χ4v) is 3.63. The molecule has 5 heteroatoms. The van der Waals surface area contributed by atoms with Gasteiger partial charge in [-0.3, -0.25) is 14.8 Å². The van der Waals surface area contributed by atoms with Crippen LogP contribution in [0.25, 0.3) is 0 Å². The number of nitrogens with zero attached hydrogens (tertiary/aromatic N) is 3. The molecule has 1 fully saturated rings. The molecule has 1 unspecified atom stereocenters. The fraction of sp³-hybridized carbons (Fsp3) is 0.476. The van der Waals surface area contributed by atoms with Crippen LogP contribution in [0.15, 0.2) is 48.8 Å². The van der Waals surface area contributed by atoms with Gasteiger partial charge in [0.1, 0.15) is 5.75 Å². The highest BCUT2D eigenvalue weighted by Gasteiger charge is 2.27. The van der Waals surface area contributed by atoms with Crippen LogP contribution in [0.4, 0.5) is 0 Å². The van der Waals surface area contributed by atoms with Crippen molar-refractivity contribution < 1.29 is 9.84 Å². The molecule has 26 heavy (non-hydrogen) atoms. The number of hydrogen-bond donors (Lipinski definition) is 1. The average Bonchev–Trinajstić information content (AvgIpc) is 2.66. The molecule has 0 saturated carbocycles. The minimum absolute atomic E-state index is 0.220. The molecule has 1 atom stereocenters. The highest BCUT2D eigenvalue weighted by Crippen LogP contribution is 2.23. The van der Waals surface area contributed by atoms with E-state index in [4.69, 9.17) is 4.74 Å². The maximum atomic E-state index is 9.54. The van der Waals surface area contributed by atoms with Crippen molar-refractivity contribution in [2.75, 3.05) is 32.8 Å². The smallest absolute Gasteiger partial charge is 0.123 e. The largest absolute Gasteiger partial charge is 0.494 e. The monoisotopic (exact) mass is 355 g/mol. The molecule has 1 aliphatic rings. The third kappa shape index (κ3) is 5.04. The van der Waals surface area contributed by atoms with E-state index in [-0.39, 0.29) is 6.61 Å². The van der Waals surface area contributed by atoms with E-state index in [0.29, 0.717) is 12.6 Å². The van der Waals surface area contributed by atoms with Crippen molar-refractivity contribution in [1.29, 1.82) is 0 Å². The summed E-state index contributed by atoms with van der Waals surface area (Å²) < 4.78 is 5.78. The van der Waals surface area contributed by atoms with Crippen molar-refractivity contribution in [2.24, 2.45) is 0 Å². The quantitative estimate of drug-likeness (QED) is 0.789. The third-order valence-electron chi connectivity index (χ3n) is 4.95. The van der Waals surface area contributed by atoms with Gasteiger partial charge in [0.25, 0.3) is 0 Å². The van der Waals surface area contributed by atoms with E-state index in [1.165, 1.54) is 11.1 Å². The van der Waals surface area contributed by atoms with Crippen LogP contribution < -0.4 is 4.74 Å². The van der Waals surface area contributed by atoms with Gasteiger partial charge >= 0.3 is 0 Å². The van der Waals surface area contributed by atoms with Gasteiger partial charge in [0.15, 0.2) is 0 Å². The summed E-state index contributed by atoms with van der Waals surface area (Å²) in [4.78, 5) is 9.05. The van der Waals surface area contributed by atoms with Gasteiger partial charge in [-0.1, -0.05) is 18.2 Å². The van der Waals surface area contributed by atoms with Crippen molar-refractivity contribution >= 4 is 0 Å². The Kier molecular flexibility index (Phi) is 7.00. The number of ether oxygens (including phenoxy) is 1. The van der Waals surface area contributed by atoms with Gasteiger partial charge in [0.2, 0.25) is 0 Å². The SMILES string of the molecule is CCOc1ccccc1CN1CCN(Cc2ccncc2)CC1CCO. The molecule has 0 aliphatic carbocycles. The molecule has 1 N–H and O–H groups in total. The topological polar surface area (TPSA) is 48.8 Å². The number of piperazine rings is 1. The molecule has 0 amide bonds. The Morgan fingerprint density at radius 3 is 2.69 bits per heavy atom. The van der Waals surface area contributed by atoms with Gasteiger partial charge in [-0.15, -0.1) is 0 Å². The third-order valence-corrected chi connectivity index (χ3v) is 4.95. The lowest BCUT2D eigenvalue weighted by atomic mass is 10.1. The second-order valence-corrected chi connectivity index (χ2v) is 6.77. The number of rotatable bonds is 8. The van der Waals surface area contributed by atoms with E-state index in [0.717, 1.165) is 44.9 Å². The van der Waals surface area contributed by atoms with Gasteiger partial charge < -0.3 is 9.84 Å². The lowest BCUT2D eigenvalue weighted by molar-refractivity contribution is 0.0494. The van der Waals surface area contributed by atoms with Gasteiger partial charge in [-0.05, 0) is 37.1 Å². The zero-order valence-electron chi connectivity index (χ0n) is 15.6. The van der Waals surface area contributed by atoms with Crippen LogP contribution >= 0.6 is 0 Å². The molecule has 140 valence electrons. The number of para-hydroxylation sites is 1. The molecule has 1 aromatic carbocycles. The van der Waals surface area contributed by atoms with Crippen molar-refractivity contribution in [3.05, 3.63) is 59.9 Å². The van der Waals surface area contributed by atoms with Crippen molar-refractivity contribution in [1.82, 2.24) is 14.8 Å². The minimum Gasteiger partial charge on any atom is -0.494 e. The van der Waals surface area contributed by atoms with Gasteiger partial charge in [0.05, 0.1) is 6.61 Å². The predicted octanol–water partition coefficient (Wildman–Crippen LogP) is 2.55. The number of aliphatic hydroxyl groups excluding tert-OH is 1. The number of aliphatic hydroxyl groups is 1. The maximum Gasteiger partial charge on any atom is 0.123 e. The molecule has 0 spiro atoms. The molecule has 1 saturated heterocycles. The Bertz CT molecular complexity index is 665. The first-order valence-corrected chi connectivity index (χ1v) is 9.47. The van der Waals surface area contributed by atoms with Crippen LogP contribution in [0.5, 0.6) is 5.75 Å². The first-order chi connectivity index (χ1) is 12.8. The van der Waals surface area contributed by atoms with Gasteiger partial charge in [-0.25, -0.2) is 0 Å². The summed E-state index contributed by atoms with van der Waals surface area (Å²) in [5.74, 6) is 0.969. The summed E-state index contributed by atoms with van der Waals surface area (Å²) in [6.07, 6.45) is 4.49. The van der Waals surface area contributed by atoms with Crippen LogP contribution in [0, 0.1) is 0 Å². The van der Waals surface area contributed by atoms with Crippen LogP contribution in [0.3, 0.4) is 0 Å². The Balaban J connectivity index is 1.65. The van der Waals surface area contributed by atoms with E-state index >= 15 is 0 Å². The molecule has 1 aromatic heterocycles. The van der Waals surface area contributed by atoms with E-state index in [1.807, 2.05) is 31.5 Å². The molecule has 0 bridgehead atoms. The molecule has 0 radical (unpaired) electrons. The summed E-state index contributed by atoms with van der Waals surface area (Å²) in [6.45, 7) is 7.71. The van der Waals surface area contributed by atoms with E-state index in [9.17, 15) is 5.11 Å². The Morgan fingerprint density at radius 2 is 1.92 bits per heavy atom. The zero-order valence-corrected chi connectivity index (χ0v) is 15.6. The van der Waals surface area contributed by atoms with Crippen molar-refractivity contribution in [3.63, 3.8) is 0 Å².